The molecule has 0 unspecified atom stereocenters. The Hall–Kier alpha value is -1.49. The molecule has 1 atom stereocenters. The van der Waals surface area contributed by atoms with Gasteiger partial charge in [-0.05, 0) is 44.1 Å². The van der Waals surface area contributed by atoms with Crippen LogP contribution in [0.5, 0.6) is 0 Å². The number of likely N-dealkylation sites (tertiary alicyclic amines) is 1. The molecule has 0 aliphatic carbocycles. The summed E-state index contributed by atoms with van der Waals surface area (Å²) in [5, 5.41) is 2.80. The minimum Gasteiger partial charge on any atom is -0.351 e. The van der Waals surface area contributed by atoms with E-state index >= 15 is 0 Å². The van der Waals surface area contributed by atoms with Gasteiger partial charge in [-0.25, -0.2) is 8.78 Å². The van der Waals surface area contributed by atoms with Crippen LogP contribution in [0, 0.1) is 11.6 Å². The number of hydrogen-bond donors (Lipinski definition) is 1. The normalized spacial score (nSPS) is 20.4. The molecule has 0 aromatic heterocycles. The number of halogens is 2. The quantitative estimate of drug-likeness (QED) is 0.923. The number of carbonyl (C=O) groups is 1. The fourth-order valence-electron chi connectivity index (χ4n) is 2.54. The van der Waals surface area contributed by atoms with Crippen LogP contribution in [0.1, 0.15) is 31.2 Å². The van der Waals surface area contributed by atoms with Crippen molar-refractivity contribution in [2.75, 3.05) is 13.6 Å². The van der Waals surface area contributed by atoms with E-state index in [0.29, 0.717) is 5.56 Å². The van der Waals surface area contributed by atoms with Gasteiger partial charge in [0.2, 0.25) is 5.91 Å². The second-order valence-electron chi connectivity index (χ2n) is 5.31. The van der Waals surface area contributed by atoms with Crippen molar-refractivity contribution < 1.29 is 13.6 Å². The van der Waals surface area contributed by atoms with E-state index in [0.717, 1.165) is 44.4 Å². The Labute approximate surface area is 118 Å². The minimum atomic E-state index is -0.886. The topological polar surface area (TPSA) is 32.3 Å². The highest BCUT2D eigenvalue weighted by atomic mass is 19.2. The van der Waals surface area contributed by atoms with Crippen molar-refractivity contribution >= 4 is 5.91 Å². The summed E-state index contributed by atoms with van der Waals surface area (Å²) in [7, 11) is 1.95. The average molecular weight is 282 g/mol. The molecule has 1 aliphatic heterocycles. The zero-order valence-electron chi connectivity index (χ0n) is 11.7. The third kappa shape index (κ3) is 3.76. The molecule has 0 bridgehead atoms. The molecule has 1 amide bonds. The maximum Gasteiger partial charge on any atom is 0.237 e. The second-order valence-corrected chi connectivity index (χ2v) is 5.31. The highest BCUT2D eigenvalue weighted by Crippen LogP contribution is 2.15. The Morgan fingerprint density at radius 2 is 2.10 bits per heavy atom. The fourth-order valence-corrected chi connectivity index (χ4v) is 2.54. The lowest BCUT2D eigenvalue weighted by Gasteiger charge is -2.24. The highest BCUT2D eigenvalue weighted by Gasteiger charge is 2.24. The van der Waals surface area contributed by atoms with Crippen LogP contribution in [0.4, 0.5) is 8.78 Å². The molecule has 5 heteroatoms. The number of nitrogens with zero attached hydrogens (tertiary/aromatic N) is 1. The zero-order valence-corrected chi connectivity index (χ0v) is 11.7. The number of rotatable bonds is 3. The van der Waals surface area contributed by atoms with E-state index in [2.05, 4.69) is 10.2 Å². The van der Waals surface area contributed by atoms with Crippen LogP contribution >= 0.6 is 0 Å². The molecule has 1 saturated heterocycles. The Kier molecular flexibility index (Phi) is 5.06. The maximum absolute atomic E-state index is 13.1. The number of carbonyl (C=O) groups excluding carboxylic acids is 1. The Bertz CT molecular complexity index is 479. The van der Waals surface area contributed by atoms with E-state index in [1.54, 1.807) is 0 Å². The first-order valence-corrected chi connectivity index (χ1v) is 7.00. The Balaban J connectivity index is 1.92. The molecule has 20 heavy (non-hydrogen) atoms. The third-order valence-electron chi connectivity index (χ3n) is 3.77. The smallest absolute Gasteiger partial charge is 0.237 e. The molecule has 0 saturated carbocycles. The first-order valence-electron chi connectivity index (χ1n) is 7.00. The first-order chi connectivity index (χ1) is 9.58. The number of likely N-dealkylation sites (N-methyl/N-ethyl adjacent to an activating group) is 1. The molecular formula is C15H20F2N2O. The SMILES string of the molecule is CN1CCCCC[C@H]1C(=O)NCc1ccc(F)c(F)c1. The van der Waals surface area contributed by atoms with Gasteiger partial charge in [-0.2, -0.15) is 0 Å². The Morgan fingerprint density at radius 1 is 1.30 bits per heavy atom. The van der Waals surface area contributed by atoms with Gasteiger partial charge < -0.3 is 5.32 Å². The van der Waals surface area contributed by atoms with E-state index in [4.69, 9.17) is 0 Å². The summed E-state index contributed by atoms with van der Waals surface area (Å²) in [4.78, 5) is 14.2. The molecule has 1 fully saturated rings. The molecule has 2 rings (SSSR count). The predicted octanol–water partition coefficient (Wildman–Crippen LogP) is 2.46. The standard InChI is InChI=1S/C15H20F2N2O/c1-19-8-4-2-3-5-14(19)15(20)18-10-11-6-7-12(16)13(17)9-11/h6-7,9,14H,2-5,8,10H2,1H3,(H,18,20)/t14-/m0/s1. The second kappa shape index (κ2) is 6.79. The van der Waals surface area contributed by atoms with E-state index in [1.807, 2.05) is 7.05 Å². The van der Waals surface area contributed by atoms with E-state index in [-0.39, 0.29) is 18.5 Å². The molecule has 1 aromatic carbocycles. The zero-order chi connectivity index (χ0) is 14.5. The summed E-state index contributed by atoms with van der Waals surface area (Å²) >= 11 is 0. The minimum absolute atomic E-state index is 0.0425. The molecule has 0 spiro atoms. The van der Waals surface area contributed by atoms with Gasteiger partial charge in [-0.3, -0.25) is 9.69 Å². The molecule has 3 nitrogen and oxygen atoms in total. The molecular weight excluding hydrogens is 262 g/mol. The van der Waals surface area contributed by atoms with Crippen molar-refractivity contribution in [1.82, 2.24) is 10.2 Å². The first kappa shape index (κ1) is 14.9. The molecule has 1 aliphatic rings. The third-order valence-corrected chi connectivity index (χ3v) is 3.77. The average Bonchev–Trinajstić information content (AvgIpc) is 2.64. The largest absolute Gasteiger partial charge is 0.351 e. The van der Waals surface area contributed by atoms with Gasteiger partial charge in [0.15, 0.2) is 11.6 Å². The van der Waals surface area contributed by atoms with E-state index < -0.39 is 11.6 Å². The Morgan fingerprint density at radius 3 is 2.85 bits per heavy atom. The predicted molar refractivity (Wildman–Crippen MR) is 73.1 cm³/mol. The van der Waals surface area contributed by atoms with Crippen LogP contribution in [-0.2, 0) is 11.3 Å². The number of hydrogen-bond acceptors (Lipinski definition) is 2. The molecule has 0 radical (unpaired) electrons. The van der Waals surface area contributed by atoms with Gasteiger partial charge in [0.05, 0.1) is 6.04 Å². The summed E-state index contributed by atoms with van der Waals surface area (Å²) in [6.45, 7) is 1.14. The van der Waals surface area contributed by atoms with Crippen molar-refractivity contribution in [3.05, 3.63) is 35.4 Å². The van der Waals surface area contributed by atoms with Gasteiger partial charge in [0.25, 0.3) is 0 Å². The highest BCUT2D eigenvalue weighted by molar-refractivity contribution is 5.81. The number of nitrogens with one attached hydrogen (secondary N) is 1. The van der Waals surface area contributed by atoms with Crippen molar-refractivity contribution in [2.24, 2.45) is 0 Å². The lowest BCUT2D eigenvalue weighted by atomic mass is 10.1. The van der Waals surface area contributed by atoms with Crippen LogP contribution < -0.4 is 5.32 Å². The van der Waals surface area contributed by atoms with Crippen molar-refractivity contribution in [3.8, 4) is 0 Å². The van der Waals surface area contributed by atoms with Crippen LogP contribution in [0.15, 0.2) is 18.2 Å². The van der Waals surface area contributed by atoms with Gasteiger partial charge >= 0.3 is 0 Å². The maximum atomic E-state index is 13.1. The van der Waals surface area contributed by atoms with E-state index in [9.17, 15) is 13.6 Å². The van der Waals surface area contributed by atoms with Gasteiger partial charge in [-0.15, -0.1) is 0 Å². The summed E-state index contributed by atoms with van der Waals surface area (Å²) in [5.41, 5.74) is 0.563. The monoisotopic (exact) mass is 282 g/mol. The van der Waals surface area contributed by atoms with Crippen LogP contribution in [0.3, 0.4) is 0 Å². The fraction of sp³-hybridized carbons (Fsp3) is 0.533. The summed E-state index contributed by atoms with van der Waals surface area (Å²) in [5.74, 6) is -1.80. The van der Waals surface area contributed by atoms with Crippen LogP contribution in [0.25, 0.3) is 0 Å². The van der Waals surface area contributed by atoms with Gasteiger partial charge in [-0.1, -0.05) is 18.9 Å². The van der Waals surface area contributed by atoms with Gasteiger partial charge in [0.1, 0.15) is 0 Å². The number of amides is 1. The van der Waals surface area contributed by atoms with Crippen LogP contribution in [-0.4, -0.2) is 30.4 Å². The molecule has 110 valence electrons. The van der Waals surface area contributed by atoms with Gasteiger partial charge in [0, 0.05) is 6.54 Å². The van der Waals surface area contributed by atoms with E-state index in [1.165, 1.54) is 6.07 Å². The van der Waals surface area contributed by atoms with Crippen molar-refractivity contribution in [3.63, 3.8) is 0 Å². The summed E-state index contributed by atoms with van der Waals surface area (Å²) < 4.78 is 25.9. The lowest BCUT2D eigenvalue weighted by molar-refractivity contribution is -0.126. The summed E-state index contributed by atoms with van der Waals surface area (Å²) in [6, 6.07) is 3.55. The molecule has 1 heterocycles. The molecule has 1 N–H and O–H groups in total. The van der Waals surface area contributed by atoms with Crippen molar-refractivity contribution in [2.45, 2.75) is 38.3 Å². The van der Waals surface area contributed by atoms with Crippen molar-refractivity contribution in [1.29, 1.82) is 0 Å². The van der Waals surface area contributed by atoms with Crippen LogP contribution in [0.2, 0.25) is 0 Å². The number of benzene rings is 1. The summed E-state index contributed by atoms with van der Waals surface area (Å²) in [6.07, 6.45) is 4.16. The lowest BCUT2D eigenvalue weighted by Crippen LogP contribution is -2.44. The molecule has 1 aromatic rings.